The number of hydrogen-bond donors (Lipinski definition) is 0. The van der Waals surface area contributed by atoms with Crippen molar-refractivity contribution in [1.82, 2.24) is 14.6 Å². The smallest absolute Gasteiger partial charge is 0.356 e. The van der Waals surface area contributed by atoms with Gasteiger partial charge in [-0.1, -0.05) is 6.07 Å². The lowest BCUT2D eigenvalue weighted by molar-refractivity contribution is 0.0590. The number of esters is 1. The van der Waals surface area contributed by atoms with E-state index < -0.39 is 5.97 Å². The number of carbonyl (C=O) groups excluding carboxylic acids is 1. The lowest BCUT2D eigenvalue weighted by Gasteiger charge is -2.02. The molecule has 22 heavy (non-hydrogen) atoms. The second kappa shape index (κ2) is 5.80. The van der Waals surface area contributed by atoms with Crippen LogP contribution in [0, 0.1) is 5.82 Å². The van der Waals surface area contributed by atoms with Gasteiger partial charge in [-0.25, -0.2) is 18.7 Å². The van der Waals surface area contributed by atoms with Crippen LogP contribution in [0.3, 0.4) is 0 Å². The molecule has 2 heterocycles. The number of halogens is 1. The van der Waals surface area contributed by atoms with Crippen LogP contribution in [0.2, 0.25) is 0 Å². The van der Waals surface area contributed by atoms with Crippen molar-refractivity contribution in [2.45, 2.75) is 6.61 Å². The Kier molecular flexibility index (Phi) is 3.69. The van der Waals surface area contributed by atoms with Crippen LogP contribution in [0.1, 0.15) is 16.3 Å². The maximum Gasteiger partial charge on any atom is 0.356 e. The zero-order valence-electron chi connectivity index (χ0n) is 11.7. The summed E-state index contributed by atoms with van der Waals surface area (Å²) >= 11 is 0. The van der Waals surface area contributed by atoms with E-state index in [1.54, 1.807) is 18.2 Å². The highest BCUT2D eigenvalue weighted by molar-refractivity contribution is 5.88. The molecule has 0 amide bonds. The zero-order chi connectivity index (χ0) is 15.5. The third-order valence-electron chi connectivity index (χ3n) is 2.98. The van der Waals surface area contributed by atoms with Gasteiger partial charge in [0.25, 0.3) is 0 Å². The topological polar surface area (TPSA) is 65.7 Å². The maximum absolute atomic E-state index is 12.8. The van der Waals surface area contributed by atoms with Gasteiger partial charge in [-0.05, 0) is 36.4 Å². The Morgan fingerprint density at radius 2 is 2.00 bits per heavy atom. The van der Waals surface area contributed by atoms with Gasteiger partial charge < -0.3 is 9.47 Å². The molecule has 6 nitrogen and oxygen atoms in total. The van der Waals surface area contributed by atoms with Crippen LogP contribution < -0.4 is 4.74 Å². The molecule has 112 valence electrons. The number of benzene rings is 1. The summed E-state index contributed by atoms with van der Waals surface area (Å²) in [5.74, 6) is 0.0801. The van der Waals surface area contributed by atoms with E-state index in [4.69, 9.17) is 9.47 Å². The monoisotopic (exact) mass is 301 g/mol. The summed E-state index contributed by atoms with van der Waals surface area (Å²) in [7, 11) is 1.30. The number of ether oxygens (including phenoxy) is 2. The van der Waals surface area contributed by atoms with E-state index in [1.807, 2.05) is 0 Å². The van der Waals surface area contributed by atoms with Crippen molar-refractivity contribution < 1.29 is 18.7 Å². The average molecular weight is 301 g/mol. The number of nitrogens with zero attached hydrogens (tertiary/aromatic N) is 3. The van der Waals surface area contributed by atoms with Gasteiger partial charge in [0.15, 0.2) is 17.2 Å². The first-order valence-corrected chi connectivity index (χ1v) is 6.49. The van der Waals surface area contributed by atoms with E-state index in [0.717, 1.165) is 0 Å². The van der Waals surface area contributed by atoms with Crippen molar-refractivity contribution in [1.29, 1.82) is 0 Å². The number of carbonyl (C=O) groups is 1. The molecule has 0 radical (unpaired) electrons. The summed E-state index contributed by atoms with van der Waals surface area (Å²) in [5, 5.41) is 4.22. The molecule has 0 spiro atoms. The molecule has 3 aromatic rings. The van der Waals surface area contributed by atoms with Gasteiger partial charge in [0.1, 0.15) is 18.2 Å². The molecule has 0 fully saturated rings. The Hall–Kier alpha value is -2.96. The highest BCUT2D eigenvalue weighted by atomic mass is 19.1. The number of hydrogen-bond acceptors (Lipinski definition) is 5. The summed E-state index contributed by atoms with van der Waals surface area (Å²) in [5.41, 5.74) is 0.793. The highest BCUT2D eigenvalue weighted by Gasteiger charge is 2.13. The van der Waals surface area contributed by atoms with Crippen molar-refractivity contribution in [2.75, 3.05) is 7.11 Å². The van der Waals surface area contributed by atoms with E-state index >= 15 is 0 Å². The van der Waals surface area contributed by atoms with E-state index in [9.17, 15) is 9.18 Å². The van der Waals surface area contributed by atoms with Gasteiger partial charge in [0.2, 0.25) is 0 Å². The van der Waals surface area contributed by atoms with Gasteiger partial charge in [-0.2, -0.15) is 0 Å². The number of pyridine rings is 1. The number of rotatable bonds is 4. The Bertz CT molecular complexity index is 815. The van der Waals surface area contributed by atoms with Gasteiger partial charge in [-0.15, -0.1) is 5.10 Å². The summed E-state index contributed by atoms with van der Waals surface area (Å²) in [6.45, 7) is 0.105. The minimum Gasteiger partial charge on any atom is -0.486 e. The van der Waals surface area contributed by atoms with Gasteiger partial charge in [0.05, 0.1) is 7.11 Å². The highest BCUT2D eigenvalue weighted by Crippen LogP contribution is 2.13. The molecular formula is C15H12FN3O3. The molecule has 0 unspecified atom stereocenters. The fraction of sp³-hybridized carbons (Fsp3) is 0.133. The van der Waals surface area contributed by atoms with Crippen molar-refractivity contribution in [3.05, 3.63) is 59.8 Å². The van der Waals surface area contributed by atoms with Crippen molar-refractivity contribution in [2.24, 2.45) is 0 Å². The van der Waals surface area contributed by atoms with Crippen LogP contribution in [-0.2, 0) is 11.3 Å². The van der Waals surface area contributed by atoms with Crippen molar-refractivity contribution in [3.63, 3.8) is 0 Å². The van der Waals surface area contributed by atoms with Gasteiger partial charge in [0, 0.05) is 0 Å². The largest absolute Gasteiger partial charge is 0.486 e. The second-order valence-electron chi connectivity index (χ2n) is 4.44. The van der Waals surface area contributed by atoms with Crippen LogP contribution in [0.4, 0.5) is 4.39 Å². The Labute approximate surface area is 125 Å². The van der Waals surface area contributed by atoms with Crippen LogP contribution in [0.15, 0.2) is 42.5 Å². The maximum atomic E-state index is 12.8. The first kappa shape index (κ1) is 14.0. The first-order chi connectivity index (χ1) is 10.7. The van der Waals surface area contributed by atoms with Gasteiger partial charge >= 0.3 is 5.97 Å². The van der Waals surface area contributed by atoms with Crippen LogP contribution >= 0.6 is 0 Å². The molecule has 1 aromatic carbocycles. The van der Waals surface area contributed by atoms with Crippen LogP contribution in [0.5, 0.6) is 5.75 Å². The first-order valence-electron chi connectivity index (χ1n) is 6.49. The summed E-state index contributed by atoms with van der Waals surface area (Å²) in [4.78, 5) is 15.9. The van der Waals surface area contributed by atoms with Crippen molar-refractivity contribution in [3.8, 4) is 5.75 Å². The van der Waals surface area contributed by atoms with E-state index in [1.165, 1.54) is 35.9 Å². The quantitative estimate of drug-likeness (QED) is 0.691. The molecule has 0 saturated heterocycles. The predicted octanol–water partition coefficient (Wildman–Crippen LogP) is 2.23. The minimum absolute atomic E-state index is 0.105. The van der Waals surface area contributed by atoms with Gasteiger partial charge in [-0.3, -0.25) is 0 Å². The SMILES string of the molecule is COC(=O)c1cccc2nc(COc3ccc(F)cc3)nn12. The molecule has 0 aliphatic rings. The summed E-state index contributed by atoms with van der Waals surface area (Å²) in [6.07, 6.45) is 0. The van der Waals surface area contributed by atoms with Crippen LogP contribution in [-0.4, -0.2) is 27.7 Å². The fourth-order valence-electron chi connectivity index (χ4n) is 1.95. The summed E-state index contributed by atoms with van der Waals surface area (Å²) in [6, 6.07) is 10.7. The third kappa shape index (κ3) is 2.73. The molecule has 0 atom stereocenters. The molecule has 0 N–H and O–H groups in total. The number of aromatic nitrogens is 3. The molecular weight excluding hydrogens is 289 g/mol. The fourth-order valence-corrected chi connectivity index (χ4v) is 1.95. The third-order valence-corrected chi connectivity index (χ3v) is 2.98. The Balaban J connectivity index is 1.83. The zero-order valence-corrected chi connectivity index (χ0v) is 11.7. The summed E-state index contributed by atoms with van der Waals surface area (Å²) < 4.78 is 24.4. The Morgan fingerprint density at radius 3 is 2.73 bits per heavy atom. The molecule has 0 aliphatic carbocycles. The lowest BCUT2D eigenvalue weighted by atomic mass is 10.3. The average Bonchev–Trinajstić information content (AvgIpc) is 2.96. The lowest BCUT2D eigenvalue weighted by Crippen LogP contribution is -2.09. The Morgan fingerprint density at radius 1 is 1.23 bits per heavy atom. The number of methoxy groups -OCH3 is 1. The van der Waals surface area contributed by atoms with Crippen LogP contribution in [0.25, 0.3) is 5.65 Å². The standard InChI is InChI=1S/C15H12FN3O3/c1-21-15(20)12-3-2-4-14-17-13(18-19(12)14)9-22-11-7-5-10(16)6-8-11/h2-8H,9H2,1H3. The minimum atomic E-state index is -0.499. The molecule has 2 aromatic heterocycles. The van der Waals surface area contributed by atoms with E-state index in [0.29, 0.717) is 17.2 Å². The molecule has 3 rings (SSSR count). The predicted molar refractivity (Wildman–Crippen MR) is 75.1 cm³/mol. The molecule has 7 heteroatoms. The van der Waals surface area contributed by atoms with E-state index in [-0.39, 0.29) is 18.1 Å². The molecule has 0 aliphatic heterocycles. The number of fused-ring (bicyclic) bond motifs is 1. The second-order valence-corrected chi connectivity index (χ2v) is 4.44. The molecule has 0 saturated carbocycles. The van der Waals surface area contributed by atoms with Crippen molar-refractivity contribution >= 4 is 11.6 Å². The molecule has 0 bridgehead atoms. The van der Waals surface area contributed by atoms with E-state index in [2.05, 4.69) is 10.1 Å². The normalized spacial score (nSPS) is 10.6.